The Balaban J connectivity index is 2.71. The number of carbonyl (C=O) groups excluding carboxylic acids is 2. The van der Waals surface area contributed by atoms with Gasteiger partial charge in [0.15, 0.2) is 0 Å². The van der Waals surface area contributed by atoms with Crippen molar-refractivity contribution < 1.29 is 19.8 Å². The zero-order chi connectivity index (χ0) is 14.6. The summed E-state index contributed by atoms with van der Waals surface area (Å²) < 4.78 is 0. The molecule has 1 saturated heterocycles. The van der Waals surface area contributed by atoms with E-state index in [0.717, 1.165) is 0 Å². The quantitative estimate of drug-likeness (QED) is 0.703. The minimum Gasteiger partial charge on any atom is -0.395 e. The van der Waals surface area contributed by atoms with Crippen molar-refractivity contribution in [3.63, 3.8) is 0 Å². The number of carbonyl (C=O) groups is 2. The van der Waals surface area contributed by atoms with E-state index in [1.807, 2.05) is 20.8 Å². The van der Waals surface area contributed by atoms with Crippen LogP contribution >= 0.6 is 0 Å². The van der Waals surface area contributed by atoms with Crippen LogP contribution in [-0.2, 0) is 9.59 Å². The fourth-order valence-electron chi connectivity index (χ4n) is 2.35. The van der Waals surface area contributed by atoms with E-state index in [2.05, 4.69) is 0 Å². The van der Waals surface area contributed by atoms with Crippen molar-refractivity contribution >= 4 is 11.8 Å². The number of aliphatic hydroxyl groups excluding tert-OH is 2. The van der Waals surface area contributed by atoms with Gasteiger partial charge in [-0.05, 0) is 20.8 Å². The summed E-state index contributed by atoms with van der Waals surface area (Å²) in [5.74, 6) is -0.549. The largest absolute Gasteiger partial charge is 0.395 e. The summed E-state index contributed by atoms with van der Waals surface area (Å²) >= 11 is 0. The fourth-order valence-corrected chi connectivity index (χ4v) is 2.35. The minimum atomic E-state index is -0.371. The summed E-state index contributed by atoms with van der Waals surface area (Å²) in [5, 5.41) is 17.9. The molecular formula is C13H24N2O4. The van der Waals surface area contributed by atoms with Gasteiger partial charge in [-0.2, -0.15) is 0 Å². The van der Waals surface area contributed by atoms with Crippen LogP contribution in [0.15, 0.2) is 0 Å². The molecule has 6 heteroatoms. The van der Waals surface area contributed by atoms with Gasteiger partial charge in [-0.3, -0.25) is 9.59 Å². The van der Waals surface area contributed by atoms with Gasteiger partial charge in [0.05, 0.1) is 19.1 Å². The average Bonchev–Trinajstić information content (AvgIpc) is 2.70. The third-order valence-corrected chi connectivity index (χ3v) is 3.34. The van der Waals surface area contributed by atoms with Crippen molar-refractivity contribution in [2.45, 2.75) is 32.7 Å². The number of likely N-dealkylation sites (tertiary alicyclic amines) is 1. The molecule has 6 nitrogen and oxygen atoms in total. The monoisotopic (exact) mass is 272 g/mol. The Hall–Kier alpha value is -1.14. The van der Waals surface area contributed by atoms with E-state index in [9.17, 15) is 9.59 Å². The number of nitrogens with zero attached hydrogens (tertiary/aromatic N) is 2. The molecule has 1 fully saturated rings. The second kappa shape index (κ2) is 6.34. The number of amides is 2. The molecule has 2 N–H and O–H groups in total. The molecule has 0 spiro atoms. The second-order valence-electron chi connectivity index (χ2n) is 5.85. The topological polar surface area (TPSA) is 81.1 Å². The van der Waals surface area contributed by atoms with Gasteiger partial charge in [0.1, 0.15) is 0 Å². The summed E-state index contributed by atoms with van der Waals surface area (Å²) in [7, 11) is 0. The van der Waals surface area contributed by atoms with Crippen LogP contribution in [0.25, 0.3) is 0 Å². The number of hydrogen-bond acceptors (Lipinski definition) is 4. The molecule has 0 radical (unpaired) electrons. The predicted octanol–water partition coefficient (Wildman–Crippen LogP) is -0.553. The molecule has 0 bridgehead atoms. The molecule has 19 heavy (non-hydrogen) atoms. The average molecular weight is 272 g/mol. The first-order chi connectivity index (χ1) is 8.81. The molecular weight excluding hydrogens is 248 g/mol. The van der Waals surface area contributed by atoms with Gasteiger partial charge in [0, 0.05) is 31.6 Å². The molecule has 0 unspecified atom stereocenters. The molecule has 2 amide bonds. The lowest BCUT2D eigenvalue weighted by atomic mass is 10.1. The molecule has 1 rings (SSSR count). The van der Waals surface area contributed by atoms with Gasteiger partial charge in [0.25, 0.3) is 0 Å². The standard InChI is InChI=1S/C13H24N2O4/c1-13(2,3)15-9-10(8-11(15)18)12(19)14(4-6-16)5-7-17/h10,16-17H,4-9H2,1-3H3/t10-/m1/s1. The smallest absolute Gasteiger partial charge is 0.228 e. The summed E-state index contributed by atoms with van der Waals surface area (Å²) in [6.07, 6.45) is 0.212. The van der Waals surface area contributed by atoms with E-state index in [1.54, 1.807) is 4.90 Å². The van der Waals surface area contributed by atoms with Crippen molar-refractivity contribution in [3.8, 4) is 0 Å². The minimum absolute atomic E-state index is 0.0150. The lowest BCUT2D eigenvalue weighted by molar-refractivity contribution is -0.136. The van der Waals surface area contributed by atoms with Crippen LogP contribution in [0.5, 0.6) is 0 Å². The number of rotatable bonds is 5. The first-order valence-corrected chi connectivity index (χ1v) is 6.62. The third kappa shape index (κ3) is 3.91. The molecule has 0 aromatic rings. The van der Waals surface area contributed by atoms with Gasteiger partial charge >= 0.3 is 0 Å². The van der Waals surface area contributed by atoms with Crippen molar-refractivity contribution in [1.82, 2.24) is 9.80 Å². The van der Waals surface area contributed by atoms with Gasteiger partial charge in [-0.15, -0.1) is 0 Å². The van der Waals surface area contributed by atoms with E-state index in [1.165, 1.54) is 4.90 Å². The highest BCUT2D eigenvalue weighted by Gasteiger charge is 2.40. The Morgan fingerprint density at radius 2 is 1.84 bits per heavy atom. The Morgan fingerprint density at radius 3 is 2.21 bits per heavy atom. The fraction of sp³-hybridized carbons (Fsp3) is 0.846. The highest BCUT2D eigenvalue weighted by atomic mass is 16.3. The molecule has 110 valence electrons. The van der Waals surface area contributed by atoms with Crippen molar-refractivity contribution in [1.29, 1.82) is 0 Å². The lowest BCUT2D eigenvalue weighted by Crippen LogP contribution is -2.44. The summed E-state index contributed by atoms with van der Waals surface area (Å²) in [6, 6.07) is 0. The predicted molar refractivity (Wildman–Crippen MR) is 70.3 cm³/mol. The number of aliphatic hydroxyl groups is 2. The van der Waals surface area contributed by atoms with Crippen LogP contribution in [0, 0.1) is 5.92 Å². The zero-order valence-electron chi connectivity index (χ0n) is 11.9. The van der Waals surface area contributed by atoms with Crippen molar-refractivity contribution in [2.75, 3.05) is 32.8 Å². The van der Waals surface area contributed by atoms with Crippen LogP contribution in [0.3, 0.4) is 0 Å². The Labute approximate surface area is 114 Å². The zero-order valence-corrected chi connectivity index (χ0v) is 11.9. The molecule has 0 aromatic carbocycles. The van der Waals surface area contributed by atoms with Gasteiger partial charge < -0.3 is 20.0 Å². The SMILES string of the molecule is CC(C)(C)N1C[C@H](C(=O)N(CCO)CCO)CC1=O. The highest BCUT2D eigenvalue weighted by molar-refractivity contribution is 5.89. The first-order valence-electron chi connectivity index (χ1n) is 6.62. The summed E-state index contributed by atoms with van der Waals surface area (Å²) in [5.41, 5.74) is -0.287. The highest BCUT2D eigenvalue weighted by Crippen LogP contribution is 2.26. The molecule has 1 aliphatic rings. The summed E-state index contributed by atoms with van der Waals surface area (Å²) in [4.78, 5) is 27.3. The van der Waals surface area contributed by atoms with Gasteiger partial charge in [0.2, 0.25) is 11.8 Å². The molecule has 0 aliphatic carbocycles. The van der Waals surface area contributed by atoms with Crippen LogP contribution in [0.4, 0.5) is 0 Å². The van der Waals surface area contributed by atoms with Gasteiger partial charge in [-0.25, -0.2) is 0 Å². The molecule has 0 aromatic heterocycles. The van der Waals surface area contributed by atoms with E-state index in [-0.39, 0.29) is 56.0 Å². The Morgan fingerprint density at radius 1 is 1.32 bits per heavy atom. The maximum absolute atomic E-state index is 12.3. The summed E-state index contributed by atoms with van der Waals surface area (Å²) in [6.45, 7) is 6.34. The van der Waals surface area contributed by atoms with Crippen LogP contribution < -0.4 is 0 Å². The normalized spacial score (nSPS) is 19.9. The van der Waals surface area contributed by atoms with Crippen LogP contribution in [-0.4, -0.2) is 70.2 Å². The lowest BCUT2D eigenvalue weighted by Gasteiger charge is -2.32. The van der Waals surface area contributed by atoms with Crippen LogP contribution in [0.2, 0.25) is 0 Å². The van der Waals surface area contributed by atoms with Crippen LogP contribution in [0.1, 0.15) is 27.2 Å². The van der Waals surface area contributed by atoms with Crippen molar-refractivity contribution in [2.24, 2.45) is 5.92 Å². The van der Waals surface area contributed by atoms with Gasteiger partial charge in [-0.1, -0.05) is 0 Å². The Kier molecular flexibility index (Phi) is 5.31. The van der Waals surface area contributed by atoms with E-state index >= 15 is 0 Å². The molecule has 0 saturated carbocycles. The second-order valence-corrected chi connectivity index (χ2v) is 5.85. The Bertz CT molecular complexity index is 332. The molecule has 1 atom stereocenters. The number of hydrogen-bond donors (Lipinski definition) is 2. The van der Waals surface area contributed by atoms with E-state index in [0.29, 0.717) is 6.54 Å². The molecule has 1 aliphatic heterocycles. The van der Waals surface area contributed by atoms with E-state index in [4.69, 9.17) is 10.2 Å². The van der Waals surface area contributed by atoms with E-state index < -0.39 is 0 Å². The molecule has 1 heterocycles. The first kappa shape index (κ1) is 15.9. The maximum atomic E-state index is 12.3. The third-order valence-electron chi connectivity index (χ3n) is 3.34. The maximum Gasteiger partial charge on any atom is 0.228 e. The van der Waals surface area contributed by atoms with Crippen molar-refractivity contribution in [3.05, 3.63) is 0 Å².